The first-order valence-corrected chi connectivity index (χ1v) is 8.02. The van der Waals surface area contributed by atoms with Crippen LogP contribution in [0.1, 0.15) is 18.1 Å². The van der Waals surface area contributed by atoms with E-state index >= 15 is 0 Å². The lowest BCUT2D eigenvalue weighted by atomic mass is 10.2. The molecule has 0 bridgehead atoms. The number of methoxy groups -OCH3 is 1. The molecule has 0 aliphatic carbocycles. The Morgan fingerprint density at radius 3 is 2.69 bits per heavy atom. The zero-order valence-corrected chi connectivity index (χ0v) is 14.9. The summed E-state index contributed by atoms with van der Waals surface area (Å²) in [6.07, 6.45) is 1.21. The predicted molar refractivity (Wildman–Crippen MR) is 94.8 cm³/mol. The molecule has 8 heteroatoms. The number of rotatable bonds is 6. The summed E-state index contributed by atoms with van der Waals surface area (Å²) in [7, 11) is 3.14. The van der Waals surface area contributed by atoms with E-state index in [2.05, 4.69) is 0 Å². The number of benzene rings is 1. The van der Waals surface area contributed by atoms with Gasteiger partial charge in [-0.3, -0.25) is 14.2 Å². The summed E-state index contributed by atoms with van der Waals surface area (Å²) in [5, 5.41) is 9.06. The number of hydrogen-bond acceptors (Lipinski definition) is 5. The lowest BCUT2D eigenvalue weighted by Crippen LogP contribution is -2.44. The Morgan fingerprint density at radius 2 is 2.08 bits per heavy atom. The van der Waals surface area contributed by atoms with Crippen LogP contribution < -0.4 is 16.0 Å². The molecule has 1 aromatic carbocycles. The summed E-state index contributed by atoms with van der Waals surface area (Å²) in [5.74, 6) is 0.261. The second-order valence-electron chi connectivity index (χ2n) is 5.72. The largest absolute Gasteiger partial charge is 0.497 e. The van der Waals surface area contributed by atoms with Crippen LogP contribution in [-0.2, 0) is 24.4 Å². The molecule has 1 heterocycles. The predicted octanol–water partition coefficient (Wildman–Crippen LogP) is 0.569. The molecule has 0 saturated carbocycles. The molecule has 1 amide bonds. The first-order chi connectivity index (χ1) is 12.4. The zero-order valence-electron chi connectivity index (χ0n) is 14.9. The van der Waals surface area contributed by atoms with Crippen molar-refractivity contribution in [2.24, 2.45) is 0 Å². The van der Waals surface area contributed by atoms with Crippen LogP contribution in [0.2, 0.25) is 0 Å². The molecule has 0 atom stereocenters. The van der Waals surface area contributed by atoms with Gasteiger partial charge in [-0.25, -0.2) is 9.36 Å². The van der Waals surface area contributed by atoms with Crippen molar-refractivity contribution in [1.29, 1.82) is 5.26 Å². The number of nitrogens with zero attached hydrogens (tertiary/aromatic N) is 4. The van der Waals surface area contributed by atoms with E-state index in [1.807, 2.05) is 12.1 Å². The molecule has 26 heavy (non-hydrogen) atoms. The number of likely N-dealkylation sites (N-methyl/N-ethyl adjacent to an activating group) is 1. The maximum absolute atomic E-state index is 12.5. The number of aromatic nitrogens is 2. The third kappa shape index (κ3) is 4.00. The number of hydrogen-bond donors (Lipinski definition) is 0. The number of aryl methyl sites for hydroxylation is 1. The van der Waals surface area contributed by atoms with Gasteiger partial charge < -0.3 is 9.64 Å². The third-order valence-electron chi connectivity index (χ3n) is 3.97. The Kier molecular flexibility index (Phi) is 5.96. The Hall–Kier alpha value is -3.34. The van der Waals surface area contributed by atoms with Gasteiger partial charge in [0.1, 0.15) is 23.9 Å². The third-order valence-corrected chi connectivity index (χ3v) is 3.97. The van der Waals surface area contributed by atoms with Crippen LogP contribution in [0.5, 0.6) is 5.75 Å². The quantitative estimate of drug-likeness (QED) is 0.754. The monoisotopic (exact) mass is 356 g/mol. The van der Waals surface area contributed by atoms with Crippen LogP contribution in [0.15, 0.2) is 40.1 Å². The van der Waals surface area contributed by atoms with Gasteiger partial charge in [0, 0.05) is 26.3 Å². The number of amides is 1. The minimum atomic E-state index is -0.759. The summed E-state index contributed by atoms with van der Waals surface area (Å²) in [6, 6.07) is 9.02. The van der Waals surface area contributed by atoms with Gasteiger partial charge in [-0.15, -0.1) is 0 Å². The highest BCUT2D eigenvalue weighted by atomic mass is 16.5. The highest BCUT2D eigenvalue weighted by Crippen LogP contribution is 2.13. The maximum atomic E-state index is 12.5. The standard InChI is InChI=1S/C18H20N4O4/c1-4-21-11-14(9-19)17(24)22(18(21)25)12-16(23)20(2)10-13-6-5-7-15(8-13)26-3/h5-8,11H,4,10,12H2,1-3H3. The molecule has 0 fully saturated rings. The van der Waals surface area contributed by atoms with Crippen molar-refractivity contribution in [3.05, 3.63) is 62.4 Å². The molecule has 0 radical (unpaired) electrons. The molecule has 0 spiro atoms. The van der Waals surface area contributed by atoms with Crippen LogP contribution >= 0.6 is 0 Å². The van der Waals surface area contributed by atoms with E-state index < -0.39 is 23.7 Å². The van der Waals surface area contributed by atoms with Crippen molar-refractivity contribution in [1.82, 2.24) is 14.0 Å². The molecule has 8 nitrogen and oxygen atoms in total. The molecular weight excluding hydrogens is 336 g/mol. The zero-order chi connectivity index (χ0) is 19.3. The fourth-order valence-corrected chi connectivity index (χ4v) is 2.49. The van der Waals surface area contributed by atoms with Crippen LogP contribution in [0, 0.1) is 11.3 Å². The van der Waals surface area contributed by atoms with Crippen molar-refractivity contribution in [2.45, 2.75) is 26.6 Å². The average Bonchev–Trinajstić information content (AvgIpc) is 2.65. The Bertz CT molecular complexity index is 968. The van der Waals surface area contributed by atoms with Crippen molar-refractivity contribution >= 4 is 5.91 Å². The lowest BCUT2D eigenvalue weighted by Gasteiger charge is -2.18. The summed E-state index contributed by atoms with van der Waals surface area (Å²) in [5.41, 5.74) is -0.691. The molecule has 0 N–H and O–H groups in total. The smallest absolute Gasteiger partial charge is 0.331 e. The van der Waals surface area contributed by atoms with Crippen LogP contribution in [0.25, 0.3) is 0 Å². The number of ether oxygens (including phenoxy) is 1. The topological polar surface area (TPSA) is 97.3 Å². The summed E-state index contributed by atoms with van der Waals surface area (Å²) >= 11 is 0. The normalized spacial score (nSPS) is 10.2. The van der Waals surface area contributed by atoms with Gasteiger partial charge in [-0.1, -0.05) is 12.1 Å². The fourth-order valence-electron chi connectivity index (χ4n) is 2.49. The van der Waals surface area contributed by atoms with E-state index in [9.17, 15) is 14.4 Å². The highest BCUT2D eigenvalue weighted by Gasteiger charge is 2.16. The molecule has 1 aromatic heterocycles. The van der Waals surface area contributed by atoms with Crippen molar-refractivity contribution in [3.8, 4) is 11.8 Å². The van der Waals surface area contributed by atoms with Crippen LogP contribution in [0.3, 0.4) is 0 Å². The van der Waals surface area contributed by atoms with E-state index in [4.69, 9.17) is 10.00 Å². The Balaban J connectivity index is 2.25. The van der Waals surface area contributed by atoms with E-state index in [0.29, 0.717) is 18.8 Å². The minimum absolute atomic E-state index is 0.172. The molecule has 0 saturated heterocycles. The van der Waals surface area contributed by atoms with Crippen molar-refractivity contribution in [3.63, 3.8) is 0 Å². The van der Waals surface area contributed by atoms with Crippen LogP contribution in [0.4, 0.5) is 0 Å². The van der Waals surface area contributed by atoms with E-state index in [-0.39, 0.29) is 5.56 Å². The highest BCUT2D eigenvalue weighted by molar-refractivity contribution is 5.75. The molecule has 136 valence electrons. The van der Waals surface area contributed by atoms with Gasteiger partial charge >= 0.3 is 5.69 Å². The SMILES string of the molecule is CCn1cc(C#N)c(=O)n(CC(=O)N(C)Cc2cccc(OC)c2)c1=O. The first kappa shape index (κ1) is 19.0. The minimum Gasteiger partial charge on any atom is -0.497 e. The second kappa shape index (κ2) is 8.16. The lowest BCUT2D eigenvalue weighted by molar-refractivity contribution is -0.131. The van der Waals surface area contributed by atoms with Gasteiger partial charge in [0.15, 0.2) is 0 Å². The van der Waals surface area contributed by atoms with Crippen molar-refractivity contribution in [2.75, 3.05) is 14.2 Å². The second-order valence-corrected chi connectivity index (χ2v) is 5.72. The molecule has 0 aliphatic heterocycles. The Morgan fingerprint density at radius 1 is 1.35 bits per heavy atom. The van der Waals surface area contributed by atoms with Gasteiger partial charge in [0.2, 0.25) is 5.91 Å². The van der Waals surface area contributed by atoms with Gasteiger partial charge in [0.25, 0.3) is 5.56 Å². The number of carbonyl (C=O) groups is 1. The number of nitriles is 1. The molecule has 0 unspecified atom stereocenters. The van der Waals surface area contributed by atoms with Gasteiger partial charge in [0.05, 0.1) is 7.11 Å². The summed E-state index contributed by atoms with van der Waals surface area (Å²) in [4.78, 5) is 38.4. The van der Waals surface area contributed by atoms with E-state index in [1.165, 1.54) is 15.7 Å². The van der Waals surface area contributed by atoms with E-state index in [1.54, 1.807) is 39.3 Å². The molecule has 2 aromatic rings. The van der Waals surface area contributed by atoms with Crippen molar-refractivity contribution < 1.29 is 9.53 Å². The summed E-state index contributed by atoms with van der Waals surface area (Å²) in [6.45, 7) is 1.88. The van der Waals surface area contributed by atoms with Gasteiger partial charge in [-0.2, -0.15) is 5.26 Å². The molecule has 0 aliphatic rings. The van der Waals surface area contributed by atoms with Crippen LogP contribution in [-0.4, -0.2) is 34.1 Å². The fraction of sp³-hybridized carbons (Fsp3) is 0.333. The average molecular weight is 356 g/mol. The summed E-state index contributed by atoms with van der Waals surface area (Å²) < 4.78 is 7.18. The molecule has 2 rings (SSSR count). The molecular formula is C18H20N4O4. The maximum Gasteiger partial charge on any atom is 0.331 e. The van der Waals surface area contributed by atoms with E-state index in [0.717, 1.165) is 10.1 Å². The number of carbonyl (C=O) groups excluding carboxylic acids is 1. The van der Waals surface area contributed by atoms with Gasteiger partial charge in [-0.05, 0) is 24.6 Å². The Labute approximate surface area is 150 Å². The first-order valence-electron chi connectivity index (χ1n) is 8.02.